The number of benzene rings is 2. The molecule has 0 bridgehead atoms. The molecule has 1 aromatic heterocycles. The minimum atomic E-state index is -0.264. The van der Waals surface area contributed by atoms with E-state index in [-0.39, 0.29) is 11.9 Å². The number of esters is 1. The number of rotatable bonds is 5. The van der Waals surface area contributed by atoms with Crippen LogP contribution in [0.5, 0.6) is 11.5 Å². The van der Waals surface area contributed by atoms with Gasteiger partial charge in [0.05, 0.1) is 18.1 Å². The van der Waals surface area contributed by atoms with E-state index in [0.717, 1.165) is 22.4 Å². The van der Waals surface area contributed by atoms with Gasteiger partial charge in [-0.2, -0.15) is 0 Å². The molecular formula is C20H22N2O3. The molecule has 0 aliphatic rings. The van der Waals surface area contributed by atoms with E-state index in [2.05, 4.69) is 16.0 Å². The first-order chi connectivity index (χ1) is 12.0. The lowest BCUT2D eigenvalue weighted by Crippen LogP contribution is -2.11. The van der Waals surface area contributed by atoms with Crippen LogP contribution in [0.4, 0.5) is 0 Å². The van der Waals surface area contributed by atoms with Crippen LogP contribution in [-0.2, 0) is 4.79 Å². The van der Waals surface area contributed by atoms with Crippen LogP contribution < -0.4 is 9.47 Å². The van der Waals surface area contributed by atoms with Crippen molar-refractivity contribution in [2.45, 2.75) is 27.2 Å². The minimum Gasteiger partial charge on any atom is -0.493 e. The zero-order valence-electron chi connectivity index (χ0n) is 14.9. The number of carbonyl (C=O) groups is 1. The number of fused-ring (bicyclic) bond motifs is 1. The van der Waals surface area contributed by atoms with Gasteiger partial charge in [0, 0.05) is 12.0 Å². The van der Waals surface area contributed by atoms with Crippen molar-refractivity contribution < 1.29 is 14.3 Å². The van der Waals surface area contributed by atoms with Gasteiger partial charge in [0.25, 0.3) is 0 Å². The third-order valence-corrected chi connectivity index (χ3v) is 3.87. The van der Waals surface area contributed by atoms with Gasteiger partial charge >= 0.3 is 5.97 Å². The smallest absolute Gasteiger partial charge is 0.311 e. The molecule has 5 nitrogen and oxygen atoms in total. The third-order valence-electron chi connectivity index (χ3n) is 3.87. The van der Waals surface area contributed by atoms with Crippen LogP contribution in [0.25, 0.3) is 22.4 Å². The molecule has 0 aliphatic heterocycles. The number of hydrogen-bond donors (Lipinski definition) is 1. The fraction of sp³-hybridized carbons (Fsp3) is 0.300. The molecule has 0 atom stereocenters. The minimum absolute atomic E-state index is 0.247. The van der Waals surface area contributed by atoms with Gasteiger partial charge in [0.15, 0.2) is 11.5 Å². The molecule has 3 rings (SSSR count). The number of aromatic amines is 1. The average Bonchev–Trinajstić information content (AvgIpc) is 2.97. The van der Waals surface area contributed by atoms with Crippen LogP contribution in [0.2, 0.25) is 0 Å². The van der Waals surface area contributed by atoms with E-state index in [1.165, 1.54) is 5.56 Å². The SMILES string of the molecule is COc1cc(-c2nc3ccc(C)cc3[nH]2)ccc1OC(=O)CC(C)C. The van der Waals surface area contributed by atoms with Crippen molar-refractivity contribution in [2.24, 2.45) is 5.92 Å². The number of hydrogen-bond acceptors (Lipinski definition) is 4. The van der Waals surface area contributed by atoms with Crippen molar-refractivity contribution in [3.63, 3.8) is 0 Å². The van der Waals surface area contributed by atoms with Gasteiger partial charge < -0.3 is 14.5 Å². The Morgan fingerprint density at radius 3 is 2.68 bits per heavy atom. The summed E-state index contributed by atoms with van der Waals surface area (Å²) in [5.74, 6) is 1.66. The number of methoxy groups -OCH3 is 1. The Kier molecular flexibility index (Phi) is 4.74. The van der Waals surface area contributed by atoms with Crippen LogP contribution in [0.1, 0.15) is 25.8 Å². The quantitative estimate of drug-likeness (QED) is 0.549. The molecule has 0 fully saturated rings. The Labute approximate surface area is 147 Å². The standard InChI is InChI=1S/C20H22N2O3/c1-12(2)9-19(23)25-17-8-6-14(11-18(17)24-4)20-21-15-7-5-13(3)10-16(15)22-20/h5-8,10-12H,9H2,1-4H3,(H,21,22). The molecule has 0 saturated heterocycles. The Morgan fingerprint density at radius 2 is 1.96 bits per heavy atom. The number of ether oxygens (including phenoxy) is 2. The van der Waals surface area contributed by atoms with Gasteiger partial charge in [-0.3, -0.25) is 4.79 Å². The molecule has 130 valence electrons. The summed E-state index contributed by atoms with van der Waals surface area (Å²) in [5.41, 5.74) is 3.94. The average molecular weight is 338 g/mol. The second kappa shape index (κ2) is 6.97. The lowest BCUT2D eigenvalue weighted by atomic mass is 10.1. The van der Waals surface area contributed by atoms with Crippen molar-refractivity contribution in [3.05, 3.63) is 42.0 Å². The summed E-state index contributed by atoms with van der Waals surface area (Å²) in [5, 5.41) is 0. The predicted molar refractivity (Wildman–Crippen MR) is 97.9 cm³/mol. The Balaban J connectivity index is 1.91. The highest BCUT2D eigenvalue weighted by atomic mass is 16.6. The Hall–Kier alpha value is -2.82. The van der Waals surface area contributed by atoms with E-state index in [1.807, 2.05) is 45.0 Å². The van der Waals surface area contributed by atoms with Gasteiger partial charge in [-0.15, -0.1) is 0 Å². The maximum absolute atomic E-state index is 11.9. The number of nitrogens with zero attached hydrogens (tertiary/aromatic N) is 1. The van der Waals surface area contributed by atoms with E-state index in [9.17, 15) is 4.79 Å². The van der Waals surface area contributed by atoms with Crippen LogP contribution in [0.15, 0.2) is 36.4 Å². The molecule has 1 heterocycles. The second-order valence-electron chi connectivity index (χ2n) is 6.54. The molecular weight excluding hydrogens is 316 g/mol. The molecule has 0 amide bonds. The fourth-order valence-corrected chi connectivity index (χ4v) is 2.66. The molecule has 0 spiro atoms. The number of nitrogens with one attached hydrogen (secondary N) is 1. The number of imidazole rings is 1. The van der Waals surface area contributed by atoms with Crippen LogP contribution >= 0.6 is 0 Å². The van der Waals surface area contributed by atoms with Gasteiger partial charge in [0.1, 0.15) is 5.82 Å². The lowest BCUT2D eigenvalue weighted by molar-refractivity contribution is -0.135. The highest BCUT2D eigenvalue weighted by molar-refractivity contribution is 5.80. The molecule has 1 N–H and O–H groups in total. The summed E-state index contributed by atoms with van der Waals surface area (Å²) in [4.78, 5) is 19.8. The molecule has 5 heteroatoms. The van der Waals surface area contributed by atoms with Crippen molar-refractivity contribution in [1.29, 1.82) is 0 Å². The molecule has 0 radical (unpaired) electrons. The van der Waals surface area contributed by atoms with E-state index in [1.54, 1.807) is 13.2 Å². The van der Waals surface area contributed by atoms with Crippen molar-refractivity contribution in [2.75, 3.05) is 7.11 Å². The number of H-pyrrole nitrogens is 1. The summed E-state index contributed by atoms with van der Waals surface area (Å²) in [7, 11) is 1.56. The maximum atomic E-state index is 11.9. The summed E-state index contributed by atoms with van der Waals surface area (Å²) >= 11 is 0. The summed E-state index contributed by atoms with van der Waals surface area (Å²) in [6.07, 6.45) is 0.369. The van der Waals surface area contributed by atoms with Crippen molar-refractivity contribution in [1.82, 2.24) is 9.97 Å². The van der Waals surface area contributed by atoms with Crippen LogP contribution in [0, 0.1) is 12.8 Å². The molecule has 3 aromatic rings. The predicted octanol–water partition coefficient (Wildman–Crippen LogP) is 4.50. The largest absolute Gasteiger partial charge is 0.493 e. The monoisotopic (exact) mass is 338 g/mol. The van der Waals surface area contributed by atoms with Crippen molar-refractivity contribution >= 4 is 17.0 Å². The highest BCUT2D eigenvalue weighted by Crippen LogP contribution is 2.32. The third kappa shape index (κ3) is 3.82. The first-order valence-electron chi connectivity index (χ1n) is 8.31. The molecule has 25 heavy (non-hydrogen) atoms. The maximum Gasteiger partial charge on any atom is 0.311 e. The summed E-state index contributed by atoms with van der Waals surface area (Å²) in [6, 6.07) is 11.5. The highest BCUT2D eigenvalue weighted by Gasteiger charge is 2.14. The van der Waals surface area contributed by atoms with E-state index >= 15 is 0 Å². The topological polar surface area (TPSA) is 64.2 Å². The number of aryl methyl sites for hydroxylation is 1. The van der Waals surface area contributed by atoms with Crippen LogP contribution in [-0.4, -0.2) is 23.0 Å². The van der Waals surface area contributed by atoms with E-state index in [0.29, 0.717) is 17.9 Å². The van der Waals surface area contributed by atoms with Gasteiger partial charge in [-0.1, -0.05) is 19.9 Å². The van der Waals surface area contributed by atoms with E-state index in [4.69, 9.17) is 9.47 Å². The lowest BCUT2D eigenvalue weighted by Gasteiger charge is -2.11. The van der Waals surface area contributed by atoms with Gasteiger partial charge in [-0.25, -0.2) is 4.98 Å². The second-order valence-corrected chi connectivity index (χ2v) is 6.54. The number of carbonyl (C=O) groups excluding carboxylic acids is 1. The Bertz CT molecular complexity index is 912. The molecule has 0 saturated carbocycles. The first kappa shape index (κ1) is 17.0. The molecule has 0 aliphatic carbocycles. The fourth-order valence-electron chi connectivity index (χ4n) is 2.66. The molecule has 2 aromatic carbocycles. The van der Waals surface area contributed by atoms with E-state index < -0.39 is 0 Å². The van der Waals surface area contributed by atoms with Gasteiger partial charge in [-0.05, 0) is 48.7 Å². The van der Waals surface area contributed by atoms with Crippen LogP contribution in [0.3, 0.4) is 0 Å². The molecule has 0 unspecified atom stereocenters. The normalized spacial score (nSPS) is 11.1. The first-order valence-corrected chi connectivity index (χ1v) is 8.31. The zero-order chi connectivity index (χ0) is 18.0. The summed E-state index contributed by atoms with van der Waals surface area (Å²) < 4.78 is 10.8. The number of aromatic nitrogens is 2. The van der Waals surface area contributed by atoms with Gasteiger partial charge in [0.2, 0.25) is 0 Å². The Morgan fingerprint density at radius 1 is 1.16 bits per heavy atom. The zero-order valence-corrected chi connectivity index (χ0v) is 14.9. The summed E-state index contributed by atoms with van der Waals surface area (Å²) in [6.45, 7) is 6.00. The van der Waals surface area contributed by atoms with Crippen molar-refractivity contribution in [3.8, 4) is 22.9 Å².